The highest BCUT2D eigenvalue weighted by molar-refractivity contribution is 14.0. The summed E-state index contributed by atoms with van der Waals surface area (Å²) >= 11 is 1.73. The van der Waals surface area contributed by atoms with Crippen molar-refractivity contribution in [2.24, 2.45) is 10.4 Å². The van der Waals surface area contributed by atoms with E-state index in [1.54, 1.807) is 11.8 Å². The van der Waals surface area contributed by atoms with Crippen LogP contribution in [0.4, 0.5) is 0 Å². The van der Waals surface area contributed by atoms with Crippen LogP contribution in [0.2, 0.25) is 0 Å². The van der Waals surface area contributed by atoms with Gasteiger partial charge < -0.3 is 15.5 Å². The minimum absolute atomic E-state index is 0. The van der Waals surface area contributed by atoms with E-state index in [9.17, 15) is 4.79 Å². The summed E-state index contributed by atoms with van der Waals surface area (Å²) < 4.78 is 0. The van der Waals surface area contributed by atoms with Crippen molar-refractivity contribution in [1.29, 1.82) is 0 Å². The summed E-state index contributed by atoms with van der Waals surface area (Å²) in [5.41, 5.74) is 0.101. The van der Waals surface area contributed by atoms with Gasteiger partial charge in [0.25, 0.3) is 0 Å². The Morgan fingerprint density at radius 2 is 2.43 bits per heavy atom. The zero-order valence-electron chi connectivity index (χ0n) is 13.8. The molecule has 1 unspecified atom stereocenters. The zero-order valence-corrected chi connectivity index (χ0v) is 16.9. The topological polar surface area (TPSA) is 56.7 Å². The van der Waals surface area contributed by atoms with Crippen molar-refractivity contribution >= 4 is 47.6 Å². The molecular formula is C16H27IN4OS. The van der Waals surface area contributed by atoms with Gasteiger partial charge in [0, 0.05) is 43.8 Å². The second-order valence-electron chi connectivity index (χ2n) is 5.97. The Morgan fingerprint density at radius 1 is 1.61 bits per heavy atom. The first-order chi connectivity index (χ1) is 10.7. The Labute approximate surface area is 160 Å². The van der Waals surface area contributed by atoms with Gasteiger partial charge in [-0.25, -0.2) is 0 Å². The molecule has 0 aromatic heterocycles. The van der Waals surface area contributed by atoms with Gasteiger partial charge in [-0.2, -0.15) is 0 Å². The predicted octanol–water partition coefficient (Wildman–Crippen LogP) is 1.54. The summed E-state index contributed by atoms with van der Waals surface area (Å²) in [6, 6.07) is 0. The van der Waals surface area contributed by atoms with Crippen LogP contribution in [0.25, 0.3) is 0 Å². The van der Waals surface area contributed by atoms with E-state index in [0.717, 1.165) is 63.0 Å². The van der Waals surface area contributed by atoms with Crippen LogP contribution in [-0.4, -0.2) is 61.0 Å². The summed E-state index contributed by atoms with van der Waals surface area (Å²) in [5.74, 6) is 5.48. The minimum Gasteiger partial charge on any atom is -0.357 e. The third kappa shape index (κ3) is 6.07. The van der Waals surface area contributed by atoms with Crippen LogP contribution in [0.1, 0.15) is 26.2 Å². The number of aliphatic imine (C=N–C) groups is 1. The fourth-order valence-electron chi connectivity index (χ4n) is 3.20. The number of thioether (sulfide) groups is 1. The fourth-order valence-corrected chi connectivity index (χ4v) is 3.68. The van der Waals surface area contributed by atoms with E-state index in [4.69, 9.17) is 11.4 Å². The van der Waals surface area contributed by atoms with E-state index in [0.29, 0.717) is 6.42 Å². The second kappa shape index (κ2) is 10.3. The first kappa shape index (κ1) is 20.4. The molecule has 0 aliphatic carbocycles. The van der Waals surface area contributed by atoms with Crippen LogP contribution in [-0.2, 0) is 4.79 Å². The van der Waals surface area contributed by atoms with Crippen molar-refractivity contribution in [3.05, 3.63) is 0 Å². The van der Waals surface area contributed by atoms with Crippen LogP contribution in [0.5, 0.6) is 0 Å². The minimum atomic E-state index is 0. The number of rotatable bonds is 5. The molecule has 5 nitrogen and oxygen atoms in total. The molecule has 1 amide bonds. The molecule has 2 aliphatic heterocycles. The molecule has 130 valence electrons. The van der Waals surface area contributed by atoms with Crippen molar-refractivity contribution in [2.75, 3.05) is 44.2 Å². The van der Waals surface area contributed by atoms with E-state index < -0.39 is 0 Å². The zero-order chi connectivity index (χ0) is 15.8. The van der Waals surface area contributed by atoms with E-state index in [1.807, 2.05) is 0 Å². The number of carbonyl (C=O) groups excluding carboxylic acids is 1. The summed E-state index contributed by atoms with van der Waals surface area (Å²) in [5, 5.41) is 6.37. The Balaban J connectivity index is 0.00000264. The van der Waals surface area contributed by atoms with Crippen molar-refractivity contribution < 1.29 is 4.79 Å². The van der Waals surface area contributed by atoms with E-state index in [2.05, 4.69) is 28.4 Å². The Bertz CT molecular complexity index is 465. The number of likely N-dealkylation sites (tertiary alicyclic amines) is 1. The SMILES string of the molecule is C#CCSCCN=C(NCC)N1CCCC2(CNC(=O)C2)C1.I. The van der Waals surface area contributed by atoms with Crippen LogP contribution in [0.15, 0.2) is 4.99 Å². The highest BCUT2D eigenvalue weighted by atomic mass is 127. The fraction of sp³-hybridized carbons (Fsp3) is 0.750. The number of nitrogens with one attached hydrogen (secondary N) is 2. The maximum absolute atomic E-state index is 11.6. The lowest BCUT2D eigenvalue weighted by Crippen LogP contribution is -2.51. The summed E-state index contributed by atoms with van der Waals surface area (Å²) in [7, 11) is 0. The number of amides is 1. The molecule has 2 rings (SSSR count). The number of nitrogens with zero attached hydrogens (tertiary/aromatic N) is 2. The molecule has 2 aliphatic rings. The van der Waals surface area contributed by atoms with Crippen LogP contribution < -0.4 is 10.6 Å². The van der Waals surface area contributed by atoms with Crippen molar-refractivity contribution in [1.82, 2.24) is 15.5 Å². The van der Waals surface area contributed by atoms with E-state index in [-0.39, 0.29) is 35.3 Å². The van der Waals surface area contributed by atoms with Crippen molar-refractivity contribution in [3.63, 3.8) is 0 Å². The quantitative estimate of drug-likeness (QED) is 0.219. The first-order valence-corrected chi connectivity index (χ1v) is 9.16. The second-order valence-corrected chi connectivity index (χ2v) is 7.08. The molecule has 2 fully saturated rings. The average molecular weight is 450 g/mol. The first-order valence-electron chi connectivity index (χ1n) is 8.00. The number of halogens is 1. The number of piperidine rings is 1. The normalized spacial score (nSPS) is 24.1. The highest BCUT2D eigenvalue weighted by Gasteiger charge is 2.42. The third-order valence-corrected chi connectivity index (χ3v) is 5.02. The summed E-state index contributed by atoms with van der Waals surface area (Å²) in [6.07, 6.45) is 8.15. The number of hydrogen-bond acceptors (Lipinski definition) is 3. The van der Waals surface area contributed by atoms with E-state index in [1.165, 1.54) is 0 Å². The maximum Gasteiger partial charge on any atom is 0.220 e. The molecule has 1 atom stereocenters. The van der Waals surface area contributed by atoms with Gasteiger partial charge in [-0.05, 0) is 19.8 Å². The number of guanidine groups is 1. The third-order valence-electron chi connectivity index (χ3n) is 4.17. The Hall–Kier alpha value is -0.620. The Morgan fingerprint density at radius 3 is 3.09 bits per heavy atom. The van der Waals surface area contributed by atoms with Gasteiger partial charge in [-0.1, -0.05) is 5.92 Å². The molecule has 7 heteroatoms. The lowest BCUT2D eigenvalue weighted by Gasteiger charge is -2.40. The van der Waals surface area contributed by atoms with Gasteiger partial charge in [0.15, 0.2) is 5.96 Å². The lowest BCUT2D eigenvalue weighted by atomic mass is 9.79. The van der Waals surface area contributed by atoms with Crippen LogP contribution in [0, 0.1) is 17.8 Å². The van der Waals surface area contributed by atoms with Gasteiger partial charge in [0.1, 0.15) is 0 Å². The molecule has 1 spiro atoms. The largest absolute Gasteiger partial charge is 0.357 e. The average Bonchev–Trinajstić information content (AvgIpc) is 2.86. The monoisotopic (exact) mass is 450 g/mol. The lowest BCUT2D eigenvalue weighted by molar-refractivity contribution is -0.119. The van der Waals surface area contributed by atoms with Gasteiger partial charge in [-0.15, -0.1) is 42.2 Å². The molecule has 23 heavy (non-hydrogen) atoms. The molecule has 0 aromatic carbocycles. The predicted molar refractivity (Wildman–Crippen MR) is 108 cm³/mol. The summed E-state index contributed by atoms with van der Waals surface area (Å²) in [4.78, 5) is 18.6. The molecule has 0 bridgehead atoms. The van der Waals surface area contributed by atoms with Gasteiger partial charge in [-0.3, -0.25) is 9.79 Å². The number of carbonyl (C=O) groups is 1. The van der Waals surface area contributed by atoms with Crippen LogP contribution >= 0.6 is 35.7 Å². The highest BCUT2D eigenvalue weighted by Crippen LogP contribution is 2.35. The van der Waals surface area contributed by atoms with Gasteiger partial charge in [0.2, 0.25) is 5.91 Å². The molecule has 2 saturated heterocycles. The van der Waals surface area contributed by atoms with Gasteiger partial charge >= 0.3 is 0 Å². The molecular weight excluding hydrogens is 423 g/mol. The standard InChI is InChI=1S/C16H26N4OS.HI/c1-3-9-22-10-7-18-15(17-4-2)20-8-5-6-16(13-20)11-14(21)19-12-16;/h1H,4-13H2,2H3,(H,17,18)(H,19,21);1H. The molecule has 0 saturated carbocycles. The Kier molecular flexibility index (Phi) is 9.14. The van der Waals surface area contributed by atoms with E-state index >= 15 is 0 Å². The molecule has 2 N–H and O–H groups in total. The molecule has 0 aromatic rings. The number of terminal acetylenes is 1. The number of hydrogen-bond donors (Lipinski definition) is 2. The molecule has 2 heterocycles. The van der Waals surface area contributed by atoms with Crippen molar-refractivity contribution in [2.45, 2.75) is 26.2 Å². The van der Waals surface area contributed by atoms with Crippen LogP contribution in [0.3, 0.4) is 0 Å². The molecule has 0 radical (unpaired) electrons. The van der Waals surface area contributed by atoms with Crippen molar-refractivity contribution in [3.8, 4) is 12.3 Å². The summed E-state index contributed by atoms with van der Waals surface area (Å²) in [6.45, 7) is 6.45. The smallest absolute Gasteiger partial charge is 0.220 e. The maximum atomic E-state index is 11.6. The van der Waals surface area contributed by atoms with Gasteiger partial charge in [0.05, 0.1) is 12.3 Å².